The van der Waals surface area contributed by atoms with Gasteiger partial charge in [0.15, 0.2) is 5.79 Å². The van der Waals surface area contributed by atoms with E-state index in [1.165, 1.54) is 0 Å². The largest absolute Gasteiger partial charge is 0.394 e. The second kappa shape index (κ2) is 4.61. The lowest BCUT2D eigenvalue weighted by Crippen LogP contribution is -2.42. The molecule has 1 N–H and O–H groups in total. The minimum absolute atomic E-state index is 0.0651. The third-order valence-corrected chi connectivity index (χ3v) is 3.39. The summed E-state index contributed by atoms with van der Waals surface area (Å²) in [5, 5.41) is 8.91. The molecule has 4 atom stereocenters. The molecule has 0 amide bonds. The van der Waals surface area contributed by atoms with Crippen molar-refractivity contribution < 1.29 is 19.3 Å². The molecule has 0 spiro atoms. The summed E-state index contributed by atoms with van der Waals surface area (Å²) in [5.74, 6) is -0.0115. The van der Waals surface area contributed by atoms with E-state index >= 15 is 0 Å². The zero-order valence-electron chi connectivity index (χ0n) is 10.3. The Labute approximate surface area is 96.9 Å². The maximum Gasteiger partial charge on any atom is 0.163 e. The van der Waals surface area contributed by atoms with Gasteiger partial charge in [-0.05, 0) is 32.6 Å². The van der Waals surface area contributed by atoms with Crippen LogP contribution in [0, 0.1) is 5.92 Å². The van der Waals surface area contributed by atoms with E-state index < -0.39 is 5.79 Å². The predicted molar refractivity (Wildman–Crippen MR) is 59.0 cm³/mol. The average Bonchev–Trinajstić information content (AvgIpc) is 2.95. The second-order valence-electron chi connectivity index (χ2n) is 5.30. The lowest BCUT2D eigenvalue weighted by Gasteiger charge is -2.38. The van der Waals surface area contributed by atoms with Gasteiger partial charge in [0.05, 0.1) is 25.4 Å². The molecule has 2 rings (SSSR count). The van der Waals surface area contributed by atoms with Crippen molar-refractivity contribution >= 4 is 0 Å². The maximum atomic E-state index is 8.91. The van der Waals surface area contributed by atoms with E-state index in [1.807, 2.05) is 13.8 Å². The molecule has 0 saturated carbocycles. The lowest BCUT2D eigenvalue weighted by atomic mass is 9.95. The molecule has 2 saturated heterocycles. The van der Waals surface area contributed by atoms with Crippen LogP contribution in [-0.2, 0) is 14.2 Å². The van der Waals surface area contributed by atoms with Gasteiger partial charge in [-0.2, -0.15) is 0 Å². The topological polar surface area (TPSA) is 51.2 Å². The van der Waals surface area contributed by atoms with E-state index in [2.05, 4.69) is 6.92 Å². The molecule has 94 valence electrons. The third kappa shape index (κ3) is 2.94. The molecule has 4 heteroatoms. The highest BCUT2D eigenvalue weighted by Gasteiger charge is 2.41. The van der Waals surface area contributed by atoms with Gasteiger partial charge in [0, 0.05) is 0 Å². The normalized spacial score (nSPS) is 39.4. The highest BCUT2D eigenvalue weighted by Crippen LogP contribution is 2.33. The summed E-state index contributed by atoms with van der Waals surface area (Å²) in [6.07, 6.45) is 2.45. The van der Waals surface area contributed by atoms with Crippen molar-refractivity contribution in [1.29, 1.82) is 0 Å². The highest BCUT2D eigenvalue weighted by atomic mass is 16.7. The molecule has 2 aliphatic heterocycles. The molecular formula is C12H22O4. The number of epoxide rings is 1. The Morgan fingerprint density at radius 3 is 2.69 bits per heavy atom. The number of aliphatic hydroxyl groups is 1. The molecule has 4 nitrogen and oxygen atoms in total. The SMILES string of the molecule is C[C@@H](C[C@H]1O[C@@H]1CO)[C@H]1CCOC(C)(C)O1. The zero-order valence-corrected chi connectivity index (χ0v) is 10.3. The molecule has 0 aromatic heterocycles. The number of ether oxygens (including phenoxy) is 3. The number of aliphatic hydroxyl groups excluding tert-OH is 1. The van der Waals surface area contributed by atoms with Gasteiger partial charge in [0.25, 0.3) is 0 Å². The van der Waals surface area contributed by atoms with Gasteiger partial charge in [0.1, 0.15) is 6.10 Å². The molecule has 2 fully saturated rings. The standard InChI is InChI=1S/C12H22O4/c1-8(6-10-11(7-13)15-10)9-4-5-14-12(2,3)16-9/h8-11,13H,4-7H2,1-3H3/t8-,9+,10+,11+/m0/s1. The van der Waals surface area contributed by atoms with Crippen molar-refractivity contribution in [3.8, 4) is 0 Å². The van der Waals surface area contributed by atoms with Crippen LogP contribution in [0.15, 0.2) is 0 Å². The van der Waals surface area contributed by atoms with Crippen LogP contribution in [0.2, 0.25) is 0 Å². The van der Waals surface area contributed by atoms with Gasteiger partial charge >= 0.3 is 0 Å². The van der Waals surface area contributed by atoms with E-state index in [4.69, 9.17) is 19.3 Å². The Bertz CT molecular complexity index is 241. The molecule has 0 aromatic carbocycles. The van der Waals surface area contributed by atoms with Crippen LogP contribution in [0.25, 0.3) is 0 Å². The first-order chi connectivity index (χ1) is 7.52. The number of hydrogen-bond donors (Lipinski definition) is 1. The van der Waals surface area contributed by atoms with Gasteiger partial charge in [0.2, 0.25) is 0 Å². The Morgan fingerprint density at radius 1 is 1.38 bits per heavy atom. The summed E-state index contributed by atoms with van der Waals surface area (Å²) in [7, 11) is 0. The summed E-state index contributed by atoms with van der Waals surface area (Å²) in [6.45, 7) is 6.99. The lowest BCUT2D eigenvalue weighted by molar-refractivity contribution is -0.282. The molecule has 0 radical (unpaired) electrons. The number of rotatable bonds is 4. The fourth-order valence-corrected chi connectivity index (χ4v) is 2.34. The van der Waals surface area contributed by atoms with Crippen molar-refractivity contribution in [2.75, 3.05) is 13.2 Å². The zero-order chi connectivity index (χ0) is 11.8. The van der Waals surface area contributed by atoms with Crippen LogP contribution in [0.1, 0.15) is 33.6 Å². The van der Waals surface area contributed by atoms with E-state index in [1.54, 1.807) is 0 Å². The second-order valence-corrected chi connectivity index (χ2v) is 5.30. The van der Waals surface area contributed by atoms with Crippen LogP contribution in [0.3, 0.4) is 0 Å². The monoisotopic (exact) mass is 230 g/mol. The molecule has 0 bridgehead atoms. The highest BCUT2D eigenvalue weighted by molar-refractivity contribution is 4.87. The Balaban J connectivity index is 1.78. The van der Waals surface area contributed by atoms with Crippen molar-refractivity contribution in [2.24, 2.45) is 5.92 Å². The Morgan fingerprint density at radius 2 is 2.12 bits per heavy atom. The molecule has 2 heterocycles. The smallest absolute Gasteiger partial charge is 0.163 e. The fourth-order valence-electron chi connectivity index (χ4n) is 2.34. The number of hydrogen-bond acceptors (Lipinski definition) is 4. The van der Waals surface area contributed by atoms with Gasteiger partial charge in [-0.1, -0.05) is 6.92 Å². The first-order valence-corrected chi connectivity index (χ1v) is 6.10. The predicted octanol–water partition coefficient (Wildman–Crippen LogP) is 1.31. The van der Waals surface area contributed by atoms with Crippen molar-refractivity contribution in [1.82, 2.24) is 0 Å². The molecule has 0 unspecified atom stereocenters. The van der Waals surface area contributed by atoms with Crippen LogP contribution >= 0.6 is 0 Å². The van der Waals surface area contributed by atoms with Crippen molar-refractivity contribution in [3.63, 3.8) is 0 Å². The van der Waals surface area contributed by atoms with Crippen LogP contribution in [0.4, 0.5) is 0 Å². The molecule has 16 heavy (non-hydrogen) atoms. The minimum Gasteiger partial charge on any atom is -0.394 e. The van der Waals surface area contributed by atoms with E-state index in [0.717, 1.165) is 19.4 Å². The van der Waals surface area contributed by atoms with E-state index in [-0.39, 0.29) is 24.9 Å². The summed E-state index contributed by atoms with van der Waals surface area (Å²) in [4.78, 5) is 0. The Kier molecular flexibility index (Phi) is 3.54. The molecule has 2 aliphatic rings. The first-order valence-electron chi connectivity index (χ1n) is 6.10. The summed E-state index contributed by atoms with van der Waals surface area (Å²) in [6, 6.07) is 0. The molecule has 0 aromatic rings. The van der Waals surface area contributed by atoms with Crippen molar-refractivity contribution in [3.05, 3.63) is 0 Å². The van der Waals surface area contributed by atoms with Crippen LogP contribution < -0.4 is 0 Å². The molecular weight excluding hydrogens is 208 g/mol. The van der Waals surface area contributed by atoms with Gasteiger partial charge in [-0.3, -0.25) is 0 Å². The maximum absolute atomic E-state index is 8.91. The third-order valence-electron chi connectivity index (χ3n) is 3.39. The van der Waals surface area contributed by atoms with Crippen LogP contribution in [0.5, 0.6) is 0 Å². The van der Waals surface area contributed by atoms with Gasteiger partial charge in [-0.15, -0.1) is 0 Å². The summed E-state index contributed by atoms with van der Waals surface area (Å²) < 4.78 is 16.8. The van der Waals surface area contributed by atoms with Gasteiger partial charge in [-0.25, -0.2) is 0 Å². The van der Waals surface area contributed by atoms with E-state index in [9.17, 15) is 0 Å². The summed E-state index contributed by atoms with van der Waals surface area (Å²) in [5.41, 5.74) is 0. The molecule has 0 aliphatic carbocycles. The first kappa shape index (κ1) is 12.3. The minimum atomic E-state index is -0.460. The Hall–Kier alpha value is -0.160. The average molecular weight is 230 g/mol. The summed E-state index contributed by atoms with van der Waals surface area (Å²) >= 11 is 0. The van der Waals surface area contributed by atoms with E-state index in [0.29, 0.717) is 5.92 Å². The quantitative estimate of drug-likeness (QED) is 0.740. The van der Waals surface area contributed by atoms with Gasteiger partial charge < -0.3 is 19.3 Å². The van der Waals surface area contributed by atoms with Crippen LogP contribution in [-0.4, -0.2) is 42.4 Å². The van der Waals surface area contributed by atoms with Crippen molar-refractivity contribution in [2.45, 2.75) is 57.7 Å². The fraction of sp³-hybridized carbons (Fsp3) is 1.00.